The zero-order valence-electron chi connectivity index (χ0n) is 12.5. The van der Waals surface area contributed by atoms with E-state index in [1.165, 1.54) is 11.1 Å². The Balaban J connectivity index is 1.74. The predicted molar refractivity (Wildman–Crippen MR) is 85.1 cm³/mol. The highest BCUT2D eigenvalue weighted by atomic mass is 32.1. The third kappa shape index (κ3) is 3.40. The monoisotopic (exact) mass is 320 g/mol. The second kappa shape index (κ2) is 7.09. The number of nitrogens with zero attached hydrogens (tertiary/aromatic N) is 1. The van der Waals surface area contributed by atoms with Gasteiger partial charge in [0.2, 0.25) is 0 Å². The molecule has 6 heteroatoms. The van der Waals surface area contributed by atoms with Crippen molar-refractivity contribution in [3.05, 3.63) is 46.5 Å². The molecule has 2 atom stereocenters. The largest absolute Gasteiger partial charge is 0.459 e. The van der Waals surface area contributed by atoms with Gasteiger partial charge >= 0.3 is 0 Å². The van der Waals surface area contributed by atoms with Crippen LogP contribution in [0, 0.1) is 0 Å². The minimum Gasteiger partial charge on any atom is -0.459 e. The van der Waals surface area contributed by atoms with Gasteiger partial charge in [-0.15, -0.1) is 11.3 Å². The van der Waals surface area contributed by atoms with E-state index in [-0.39, 0.29) is 18.0 Å². The summed E-state index contributed by atoms with van der Waals surface area (Å²) >= 11 is 1.72. The van der Waals surface area contributed by atoms with Gasteiger partial charge in [-0.2, -0.15) is 0 Å². The van der Waals surface area contributed by atoms with Crippen LogP contribution >= 0.6 is 11.3 Å². The maximum Gasteiger partial charge on any atom is 0.287 e. The Kier molecular flexibility index (Phi) is 4.92. The molecule has 118 valence electrons. The number of amides is 1. The van der Waals surface area contributed by atoms with Crippen LogP contribution in [0.25, 0.3) is 0 Å². The summed E-state index contributed by atoms with van der Waals surface area (Å²) in [6, 6.07) is 7.71. The lowest BCUT2D eigenvalue weighted by Crippen LogP contribution is -2.48. The van der Waals surface area contributed by atoms with Crippen molar-refractivity contribution in [2.45, 2.75) is 19.0 Å². The van der Waals surface area contributed by atoms with Crippen LogP contribution in [-0.2, 0) is 4.74 Å². The first-order valence-corrected chi connectivity index (χ1v) is 8.33. The molecule has 22 heavy (non-hydrogen) atoms. The fourth-order valence-corrected chi connectivity index (χ4v) is 3.79. The van der Waals surface area contributed by atoms with E-state index in [1.807, 2.05) is 6.92 Å². The van der Waals surface area contributed by atoms with Gasteiger partial charge in [0.25, 0.3) is 5.91 Å². The highest BCUT2D eigenvalue weighted by Gasteiger charge is 2.29. The SMILES string of the molecule is C[C@@H](NC(=O)c1ccco1)[C@@H](c1cccs1)N1CCOCC1. The van der Waals surface area contributed by atoms with Gasteiger partial charge < -0.3 is 14.5 Å². The maximum atomic E-state index is 12.2. The minimum atomic E-state index is -0.174. The molecule has 1 aliphatic heterocycles. The molecule has 1 saturated heterocycles. The van der Waals surface area contributed by atoms with Crippen molar-refractivity contribution in [3.8, 4) is 0 Å². The number of furan rings is 1. The Morgan fingerprint density at radius 1 is 1.32 bits per heavy atom. The van der Waals surface area contributed by atoms with Crippen molar-refractivity contribution in [2.24, 2.45) is 0 Å². The lowest BCUT2D eigenvalue weighted by Gasteiger charge is -2.37. The van der Waals surface area contributed by atoms with Crippen LogP contribution in [0.3, 0.4) is 0 Å². The van der Waals surface area contributed by atoms with E-state index in [1.54, 1.807) is 23.5 Å². The number of hydrogen-bond donors (Lipinski definition) is 1. The lowest BCUT2D eigenvalue weighted by molar-refractivity contribution is 0.00959. The number of carbonyl (C=O) groups excluding carboxylic acids is 1. The molecule has 1 amide bonds. The number of hydrogen-bond acceptors (Lipinski definition) is 5. The van der Waals surface area contributed by atoms with E-state index >= 15 is 0 Å². The van der Waals surface area contributed by atoms with Crippen LogP contribution in [-0.4, -0.2) is 43.2 Å². The van der Waals surface area contributed by atoms with Crippen molar-refractivity contribution in [3.63, 3.8) is 0 Å². The van der Waals surface area contributed by atoms with Crippen molar-refractivity contribution in [2.75, 3.05) is 26.3 Å². The minimum absolute atomic E-state index is 0.0191. The Hall–Kier alpha value is -1.63. The van der Waals surface area contributed by atoms with E-state index in [4.69, 9.17) is 9.15 Å². The number of morpholine rings is 1. The first-order chi connectivity index (χ1) is 10.8. The van der Waals surface area contributed by atoms with Crippen LogP contribution in [0.1, 0.15) is 28.4 Å². The first kappa shape index (κ1) is 15.3. The fourth-order valence-electron chi connectivity index (χ4n) is 2.82. The molecule has 0 aromatic carbocycles. The molecule has 0 unspecified atom stereocenters. The van der Waals surface area contributed by atoms with E-state index in [2.05, 4.69) is 27.7 Å². The maximum absolute atomic E-state index is 12.2. The lowest BCUT2D eigenvalue weighted by atomic mass is 10.1. The highest BCUT2D eigenvalue weighted by Crippen LogP contribution is 2.29. The molecule has 1 aliphatic rings. The Labute approximate surface area is 133 Å². The number of rotatable bonds is 5. The molecular formula is C16H20N2O3S. The van der Waals surface area contributed by atoms with E-state index in [0.29, 0.717) is 5.76 Å². The third-order valence-electron chi connectivity index (χ3n) is 3.85. The second-order valence-corrected chi connectivity index (χ2v) is 6.33. The fraction of sp³-hybridized carbons (Fsp3) is 0.438. The summed E-state index contributed by atoms with van der Waals surface area (Å²) in [6.45, 7) is 5.27. The standard InChI is InChI=1S/C16H20N2O3S/c1-12(17-16(19)13-4-2-8-21-13)15(14-5-3-11-22-14)18-6-9-20-10-7-18/h2-5,8,11-12,15H,6-7,9-10H2,1H3,(H,17,19)/t12-,15+/m1/s1. The molecule has 0 saturated carbocycles. The van der Waals surface area contributed by atoms with Gasteiger partial charge in [-0.25, -0.2) is 0 Å². The number of thiophene rings is 1. The topological polar surface area (TPSA) is 54.7 Å². The molecule has 0 bridgehead atoms. The van der Waals surface area contributed by atoms with Gasteiger partial charge in [0.05, 0.1) is 25.5 Å². The zero-order valence-corrected chi connectivity index (χ0v) is 13.3. The normalized spacial score (nSPS) is 18.8. The van der Waals surface area contributed by atoms with Crippen molar-refractivity contribution in [1.82, 2.24) is 10.2 Å². The van der Waals surface area contributed by atoms with Gasteiger partial charge in [-0.3, -0.25) is 9.69 Å². The molecular weight excluding hydrogens is 300 g/mol. The summed E-state index contributed by atoms with van der Waals surface area (Å²) in [4.78, 5) is 15.9. The smallest absolute Gasteiger partial charge is 0.287 e. The number of ether oxygens (including phenoxy) is 1. The Morgan fingerprint density at radius 2 is 2.14 bits per heavy atom. The van der Waals surface area contributed by atoms with Crippen molar-refractivity contribution < 1.29 is 13.9 Å². The summed E-state index contributed by atoms with van der Waals surface area (Å²) in [6.07, 6.45) is 1.51. The second-order valence-electron chi connectivity index (χ2n) is 5.35. The van der Waals surface area contributed by atoms with Crippen molar-refractivity contribution >= 4 is 17.2 Å². The summed E-state index contributed by atoms with van der Waals surface area (Å²) in [5.41, 5.74) is 0. The molecule has 2 aromatic rings. The molecule has 2 aromatic heterocycles. The van der Waals surface area contributed by atoms with Gasteiger partial charge in [-0.05, 0) is 30.5 Å². The van der Waals surface area contributed by atoms with Crippen LogP contribution in [0.4, 0.5) is 0 Å². The number of nitrogens with one attached hydrogen (secondary N) is 1. The van der Waals surface area contributed by atoms with Crippen LogP contribution in [0.15, 0.2) is 40.3 Å². The summed E-state index contributed by atoms with van der Waals surface area (Å²) in [7, 11) is 0. The molecule has 1 fully saturated rings. The van der Waals surface area contributed by atoms with Crippen LogP contribution < -0.4 is 5.32 Å². The molecule has 0 radical (unpaired) electrons. The first-order valence-electron chi connectivity index (χ1n) is 7.45. The Morgan fingerprint density at radius 3 is 2.77 bits per heavy atom. The number of carbonyl (C=O) groups is 1. The van der Waals surface area contributed by atoms with Gasteiger partial charge in [0.1, 0.15) is 0 Å². The Bertz CT molecular complexity index is 577. The molecule has 3 rings (SSSR count). The third-order valence-corrected chi connectivity index (χ3v) is 4.79. The molecule has 0 aliphatic carbocycles. The van der Waals surface area contributed by atoms with Gasteiger partial charge in [0.15, 0.2) is 5.76 Å². The van der Waals surface area contributed by atoms with Crippen molar-refractivity contribution in [1.29, 1.82) is 0 Å². The average molecular weight is 320 g/mol. The molecule has 5 nitrogen and oxygen atoms in total. The molecule has 0 spiro atoms. The van der Waals surface area contributed by atoms with E-state index in [9.17, 15) is 4.79 Å². The summed E-state index contributed by atoms with van der Waals surface area (Å²) in [5, 5.41) is 5.13. The average Bonchev–Trinajstić information content (AvgIpc) is 3.22. The quantitative estimate of drug-likeness (QED) is 0.920. The zero-order chi connectivity index (χ0) is 15.4. The summed E-state index contributed by atoms with van der Waals surface area (Å²) in [5.74, 6) is 0.172. The van der Waals surface area contributed by atoms with E-state index in [0.717, 1.165) is 26.3 Å². The summed E-state index contributed by atoms with van der Waals surface area (Å²) < 4.78 is 10.6. The van der Waals surface area contributed by atoms with Crippen LogP contribution in [0.2, 0.25) is 0 Å². The van der Waals surface area contributed by atoms with E-state index < -0.39 is 0 Å². The van der Waals surface area contributed by atoms with Gasteiger partial charge in [-0.1, -0.05) is 6.07 Å². The molecule has 1 N–H and O–H groups in total. The highest BCUT2D eigenvalue weighted by molar-refractivity contribution is 7.10. The predicted octanol–water partition coefficient (Wildman–Crippen LogP) is 2.53. The van der Waals surface area contributed by atoms with Crippen LogP contribution in [0.5, 0.6) is 0 Å². The van der Waals surface area contributed by atoms with Gasteiger partial charge in [0, 0.05) is 24.0 Å². The molecule has 3 heterocycles.